The van der Waals surface area contributed by atoms with Gasteiger partial charge in [0.1, 0.15) is 18.7 Å². The Morgan fingerprint density at radius 3 is 2.11 bits per heavy atom. The van der Waals surface area contributed by atoms with Gasteiger partial charge in [-0.15, -0.1) is 6.58 Å². The van der Waals surface area contributed by atoms with Crippen molar-refractivity contribution in [2.24, 2.45) is 5.41 Å². The Kier molecular flexibility index (Phi) is 7.99. The van der Waals surface area contributed by atoms with Crippen LogP contribution in [0.5, 0.6) is 0 Å². The molecular formula is C28H34N2O5. The monoisotopic (exact) mass is 478 g/mol. The van der Waals surface area contributed by atoms with E-state index in [1.807, 2.05) is 57.2 Å². The second kappa shape index (κ2) is 10.8. The van der Waals surface area contributed by atoms with E-state index in [-0.39, 0.29) is 30.8 Å². The second-order valence-electron chi connectivity index (χ2n) is 10.1. The van der Waals surface area contributed by atoms with Gasteiger partial charge in [0.05, 0.1) is 0 Å². The number of likely N-dealkylation sites (N-methyl/N-ethyl adjacent to an activating group) is 1. The summed E-state index contributed by atoms with van der Waals surface area (Å²) in [4.78, 5) is 38.9. The topological polar surface area (TPSA) is 95.9 Å². The molecule has 2 atom stereocenters. The van der Waals surface area contributed by atoms with E-state index in [1.54, 1.807) is 0 Å². The Hall–Kier alpha value is -3.61. The van der Waals surface area contributed by atoms with E-state index < -0.39 is 30.1 Å². The molecule has 2 aromatic carbocycles. The lowest BCUT2D eigenvalue weighted by molar-refractivity contribution is -0.151. The molecule has 2 amide bonds. The van der Waals surface area contributed by atoms with Crippen LogP contribution in [-0.2, 0) is 14.3 Å². The summed E-state index contributed by atoms with van der Waals surface area (Å²) in [5.74, 6) is -1.70. The number of aliphatic carboxylic acids is 1. The lowest BCUT2D eigenvalue weighted by Crippen LogP contribution is -2.53. The maximum Gasteiger partial charge on any atom is 0.407 e. The zero-order valence-corrected chi connectivity index (χ0v) is 20.8. The van der Waals surface area contributed by atoms with Crippen LogP contribution in [0.15, 0.2) is 61.2 Å². The molecule has 0 radical (unpaired) electrons. The third-order valence-electron chi connectivity index (χ3n) is 6.24. The van der Waals surface area contributed by atoms with Gasteiger partial charge in [-0.05, 0) is 40.5 Å². The van der Waals surface area contributed by atoms with Crippen molar-refractivity contribution in [3.63, 3.8) is 0 Å². The quantitative estimate of drug-likeness (QED) is 0.504. The van der Waals surface area contributed by atoms with Gasteiger partial charge in [0.15, 0.2) is 0 Å². The highest BCUT2D eigenvalue weighted by Gasteiger charge is 2.35. The number of fused-ring (bicyclic) bond motifs is 3. The summed E-state index contributed by atoms with van der Waals surface area (Å²) >= 11 is 0. The molecule has 2 aromatic rings. The number of hydrogen-bond donors (Lipinski definition) is 2. The number of carboxylic acids is 1. The SMILES string of the molecule is C=CCC(NC(=O)OCC1c2ccccc2-c2ccccc21)C(=O)N(C)C(CC(C)(C)C)C(=O)O. The molecule has 0 spiro atoms. The van der Waals surface area contributed by atoms with Crippen molar-refractivity contribution in [1.29, 1.82) is 0 Å². The molecule has 7 heteroatoms. The van der Waals surface area contributed by atoms with E-state index in [0.29, 0.717) is 0 Å². The van der Waals surface area contributed by atoms with Crippen molar-refractivity contribution in [2.45, 2.75) is 51.6 Å². The number of ether oxygens (including phenoxy) is 1. The van der Waals surface area contributed by atoms with Gasteiger partial charge in [0.25, 0.3) is 0 Å². The Balaban J connectivity index is 1.69. The van der Waals surface area contributed by atoms with E-state index >= 15 is 0 Å². The Morgan fingerprint density at radius 1 is 1.09 bits per heavy atom. The van der Waals surface area contributed by atoms with Crippen molar-refractivity contribution >= 4 is 18.0 Å². The van der Waals surface area contributed by atoms with Gasteiger partial charge in [-0.1, -0.05) is 75.4 Å². The van der Waals surface area contributed by atoms with Crippen LogP contribution in [0, 0.1) is 5.41 Å². The zero-order valence-electron chi connectivity index (χ0n) is 20.8. The molecule has 1 aliphatic rings. The van der Waals surface area contributed by atoms with E-state index in [9.17, 15) is 19.5 Å². The standard InChI is InChI=1S/C28H34N2O5/c1-6-11-23(25(31)30(5)24(26(32)33)16-28(2,3)4)29-27(34)35-17-22-20-14-9-7-12-18(20)19-13-8-10-15-21(19)22/h6-10,12-15,22-24H,1,11,16-17H2,2-5H3,(H,29,34)(H,32,33). The maximum atomic E-state index is 13.1. The number of carbonyl (C=O) groups is 3. The van der Waals surface area contributed by atoms with Crippen molar-refractivity contribution in [3.05, 3.63) is 72.3 Å². The number of nitrogens with one attached hydrogen (secondary N) is 1. The minimum Gasteiger partial charge on any atom is -0.480 e. The molecule has 35 heavy (non-hydrogen) atoms. The second-order valence-corrected chi connectivity index (χ2v) is 10.1. The van der Waals surface area contributed by atoms with Gasteiger partial charge in [-0.2, -0.15) is 0 Å². The number of benzene rings is 2. The minimum atomic E-state index is -1.09. The first-order chi connectivity index (χ1) is 16.5. The summed E-state index contributed by atoms with van der Waals surface area (Å²) in [6, 6.07) is 14.1. The van der Waals surface area contributed by atoms with Crippen LogP contribution < -0.4 is 5.32 Å². The molecule has 0 bridgehead atoms. The van der Waals surface area contributed by atoms with E-state index in [2.05, 4.69) is 24.0 Å². The Bertz CT molecular complexity index is 1060. The zero-order chi connectivity index (χ0) is 25.8. The lowest BCUT2D eigenvalue weighted by atomic mass is 9.87. The van der Waals surface area contributed by atoms with E-state index in [4.69, 9.17) is 4.74 Å². The largest absolute Gasteiger partial charge is 0.480 e. The molecule has 0 aliphatic heterocycles. The normalized spacial score (nSPS) is 14.3. The molecule has 3 rings (SSSR count). The maximum absolute atomic E-state index is 13.1. The lowest BCUT2D eigenvalue weighted by Gasteiger charge is -2.32. The van der Waals surface area contributed by atoms with E-state index in [1.165, 1.54) is 18.0 Å². The summed E-state index contributed by atoms with van der Waals surface area (Å²) < 4.78 is 5.56. The molecule has 2 N–H and O–H groups in total. The predicted molar refractivity (Wildman–Crippen MR) is 135 cm³/mol. The molecule has 0 fully saturated rings. The number of rotatable bonds is 9. The number of carboxylic acid groups (broad SMARTS) is 1. The number of alkyl carbamates (subject to hydrolysis) is 1. The fourth-order valence-corrected chi connectivity index (χ4v) is 4.54. The van der Waals surface area contributed by atoms with Gasteiger partial charge < -0.3 is 20.1 Å². The number of amides is 2. The first kappa shape index (κ1) is 26.0. The summed E-state index contributed by atoms with van der Waals surface area (Å²) in [5, 5.41) is 12.3. The molecule has 1 aliphatic carbocycles. The highest BCUT2D eigenvalue weighted by Crippen LogP contribution is 2.44. The van der Waals surface area contributed by atoms with Crippen molar-refractivity contribution < 1.29 is 24.2 Å². The first-order valence-corrected chi connectivity index (χ1v) is 11.8. The fourth-order valence-electron chi connectivity index (χ4n) is 4.54. The number of nitrogens with zero attached hydrogens (tertiary/aromatic N) is 1. The Labute approximate surface area is 206 Å². The van der Waals surface area contributed by atoms with Gasteiger partial charge in [0.2, 0.25) is 5.91 Å². The molecule has 0 aromatic heterocycles. The number of carbonyl (C=O) groups excluding carboxylic acids is 2. The highest BCUT2D eigenvalue weighted by molar-refractivity contribution is 5.89. The first-order valence-electron chi connectivity index (χ1n) is 11.8. The Morgan fingerprint density at radius 2 is 1.63 bits per heavy atom. The van der Waals surface area contributed by atoms with Crippen LogP contribution in [-0.4, -0.2) is 53.7 Å². The summed E-state index contributed by atoms with van der Waals surface area (Å²) in [7, 11) is 1.45. The molecular weight excluding hydrogens is 444 g/mol. The van der Waals surface area contributed by atoms with Gasteiger partial charge in [-0.3, -0.25) is 4.79 Å². The molecule has 0 saturated carbocycles. The van der Waals surface area contributed by atoms with Gasteiger partial charge >= 0.3 is 12.1 Å². The van der Waals surface area contributed by atoms with Crippen LogP contribution in [0.4, 0.5) is 4.79 Å². The minimum absolute atomic E-state index is 0.104. The third kappa shape index (κ3) is 6.10. The molecule has 2 unspecified atom stereocenters. The summed E-state index contributed by atoms with van der Waals surface area (Å²) in [6.07, 6.45) is 1.20. The van der Waals surface area contributed by atoms with Gasteiger partial charge in [0, 0.05) is 13.0 Å². The fraction of sp³-hybridized carbons (Fsp3) is 0.393. The van der Waals surface area contributed by atoms with Crippen LogP contribution in [0.1, 0.15) is 50.7 Å². The molecule has 0 saturated heterocycles. The molecule has 186 valence electrons. The van der Waals surface area contributed by atoms with Crippen molar-refractivity contribution in [1.82, 2.24) is 10.2 Å². The summed E-state index contributed by atoms with van der Waals surface area (Å²) in [5.41, 5.74) is 4.12. The summed E-state index contributed by atoms with van der Waals surface area (Å²) in [6.45, 7) is 9.53. The predicted octanol–water partition coefficient (Wildman–Crippen LogP) is 4.82. The van der Waals surface area contributed by atoms with Crippen molar-refractivity contribution in [3.8, 4) is 11.1 Å². The van der Waals surface area contributed by atoms with Crippen LogP contribution in [0.3, 0.4) is 0 Å². The average Bonchev–Trinajstić information content (AvgIpc) is 3.13. The van der Waals surface area contributed by atoms with Crippen molar-refractivity contribution in [2.75, 3.05) is 13.7 Å². The van der Waals surface area contributed by atoms with Crippen LogP contribution in [0.2, 0.25) is 0 Å². The highest BCUT2D eigenvalue weighted by atomic mass is 16.5. The van der Waals surface area contributed by atoms with E-state index in [0.717, 1.165) is 22.3 Å². The third-order valence-corrected chi connectivity index (χ3v) is 6.24. The number of hydrogen-bond acceptors (Lipinski definition) is 4. The molecule has 0 heterocycles. The molecule has 7 nitrogen and oxygen atoms in total. The smallest absolute Gasteiger partial charge is 0.407 e. The van der Waals surface area contributed by atoms with Crippen LogP contribution >= 0.6 is 0 Å². The van der Waals surface area contributed by atoms with Crippen LogP contribution in [0.25, 0.3) is 11.1 Å². The van der Waals surface area contributed by atoms with Gasteiger partial charge in [-0.25, -0.2) is 9.59 Å². The average molecular weight is 479 g/mol.